The van der Waals surface area contributed by atoms with Gasteiger partial charge in [-0.3, -0.25) is 9.59 Å². The fourth-order valence-corrected chi connectivity index (χ4v) is 2.19. The van der Waals surface area contributed by atoms with Crippen molar-refractivity contribution in [2.24, 2.45) is 11.8 Å². The first-order chi connectivity index (χ1) is 8.10. The average Bonchev–Trinajstić information content (AvgIpc) is 2.66. The molecule has 0 bridgehead atoms. The Morgan fingerprint density at radius 2 is 1.76 bits per heavy atom. The molecule has 5 nitrogen and oxygen atoms in total. The van der Waals surface area contributed by atoms with Crippen LogP contribution in [0.25, 0.3) is 0 Å². The van der Waals surface area contributed by atoms with E-state index < -0.39 is 17.9 Å². The molecule has 0 N–H and O–H groups in total. The van der Waals surface area contributed by atoms with Gasteiger partial charge >= 0.3 is 11.9 Å². The second-order valence-corrected chi connectivity index (χ2v) is 4.29. The summed E-state index contributed by atoms with van der Waals surface area (Å²) in [6.07, 6.45) is 0.832. The third-order valence-electron chi connectivity index (χ3n) is 2.98. The van der Waals surface area contributed by atoms with E-state index in [4.69, 9.17) is 9.47 Å². The van der Waals surface area contributed by atoms with Crippen molar-refractivity contribution < 1.29 is 19.1 Å². The van der Waals surface area contributed by atoms with Gasteiger partial charge in [0, 0.05) is 6.54 Å². The van der Waals surface area contributed by atoms with Crippen molar-refractivity contribution in [3.8, 4) is 0 Å². The van der Waals surface area contributed by atoms with Crippen molar-refractivity contribution >= 4 is 11.9 Å². The van der Waals surface area contributed by atoms with Gasteiger partial charge in [0.15, 0.2) is 5.92 Å². The van der Waals surface area contributed by atoms with Crippen LogP contribution >= 0.6 is 0 Å². The Balaban J connectivity index is 2.71. The molecule has 1 unspecified atom stereocenters. The smallest absolute Gasteiger partial charge is 0.320 e. The molecule has 1 aliphatic rings. The molecule has 0 saturated carbocycles. The first kappa shape index (κ1) is 14.0. The Bertz CT molecular complexity index is 262. The fraction of sp³-hybridized carbons (Fsp3) is 0.833. The quantitative estimate of drug-likeness (QED) is 0.525. The lowest BCUT2D eigenvalue weighted by Gasteiger charge is -2.19. The van der Waals surface area contributed by atoms with Gasteiger partial charge < -0.3 is 14.4 Å². The van der Waals surface area contributed by atoms with Crippen molar-refractivity contribution in [3.05, 3.63) is 0 Å². The topological polar surface area (TPSA) is 55.8 Å². The van der Waals surface area contributed by atoms with E-state index >= 15 is 0 Å². The maximum atomic E-state index is 11.8. The molecule has 17 heavy (non-hydrogen) atoms. The Hall–Kier alpha value is -1.10. The number of nitrogens with zero attached hydrogens (tertiary/aromatic N) is 1. The number of carbonyl (C=O) groups excluding carboxylic acids is 2. The molecule has 0 aromatic heterocycles. The highest BCUT2D eigenvalue weighted by molar-refractivity contribution is 5.95. The van der Waals surface area contributed by atoms with Crippen LogP contribution in [-0.4, -0.2) is 50.2 Å². The summed E-state index contributed by atoms with van der Waals surface area (Å²) < 4.78 is 9.92. The maximum absolute atomic E-state index is 11.8. The van der Waals surface area contributed by atoms with E-state index in [-0.39, 0.29) is 19.1 Å². The lowest BCUT2D eigenvalue weighted by Crippen LogP contribution is -2.35. The van der Waals surface area contributed by atoms with E-state index in [0.29, 0.717) is 0 Å². The average molecular weight is 243 g/mol. The Kier molecular flexibility index (Phi) is 5.41. The lowest BCUT2D eigenvalue weighted by molar-refractivity contribution is -0.164. The summed E-state index contributed by atoms with van der Waals surface area (Å²) in [7, 11) is 1.98. The molecule has 1 fully saturated rings. The van der Waals surface area contributed by atoms with E-state index in [9.17, 15) is 9.59 Å². The zero-order chi connectivity index (χ0) is 12.8. The number of hydrogen-bond donors (Lipinski definition) is 0. The first-order valence-electron chi connectivity index (χ1n) is 6.11. The first-order valence-corrected chi connectivity index (χ1v) is 6.11. The third kappa shape index (κ3) is 3.70. The second kappa shape index (κ2) is 6.59. The van der Waals surface area contributed by atoms with Crippen LogP contribution in [0.3, 0.4) is 0 Å². The molecule has 98 valence electrons. The summed E-state index contributed by atoms with van der Waals surface area (Å²) in [6, 6.07) is 0. The van der Waals surface area contributed by atoms with Gasteiger partial charge in [0.25, 0.3) is 0 Å². The van der Waals surface area contributed by atoms with Gasteiger partial charge in [-0.1, -0.05) is 0 Å². The van der Waals surface area contributed by atoms with Crippen LogP contribution in [0.4, 0.5) is 0 Å². The SMILES string of the molecule is CCOC(=O)C(C(=O)OCC)C1CCN(C)C1. The largest absolute Gasteiger partial charge is 0.465 e. The minimum absolute atomic E-state index is 0.0121. The van der Waals surface area contributed by atoms with Gasteiger partial charge in [0.2, 0.25) is 0 Å². The summed E-state index contributed by atoms with van der Waals surface area (Å²) >= 11 is 0. The van der Waals surface area contributed by atoms with Crippen LogP contribution in [0.2, 0.25) is 0 Å². The van der Waals surface area contributed by atoms with Crippen LogP contribution in [0.5, 0.6) is 0 Å². The molecule has 1 heterocycles. The summed E-state index contributed by atoms with van der Waals surface area (Å²) in [4.78, 5) is 25.7. The van der Waals surface area contributed by atoms with Crippen LogP contribution in [0.15, 0.2) is 0 Å². The van der Waals surface area contributed by atoms with E-state index in [0.717, 1.165) is 19.5 Å². The molecule has 1 rings (SSSR count). The highest BCUT2D eigenvalue weighted by atomic mass is 16.6. The molecule has 0 spiro atoms. The second-order valence-electron chi connectivity index (χ2n) is 4.29. The third-order valence-corrected chi connectivity index (χ3v) is 2.98. The van der Waals surface area contributed by atoms with Gasteiger partial charge in [-0.2, -0.15) is 0 Å². The minimum atomic E-state index is -0.764. The lowest BCUT2D eigenvalue weighted by atomic mass is 9.91. The molecule has 1 aliphatic heterocycles. The van der Waals surface area contributed by atoms with Crippen molar-refractivity contribution in [1.29, 1.82) is 0 Å². The van der Waals surface area contributed by atoms with Crippen LogP contribution in [0.1, 0.15) is 20.3 Å². The number of ether oxygens (including phenoxy) is 2. The van der Waals surface area contributed by atoms with Crippen LogP contribution in [-0.2, 0) is 19.1 Å². The Labute approximate surface area is 102 Å². The van der Waals surface area contributed by atoms with E-state index in [1.165, 1.54) is 0 Å². The molecular formula is C12H21NO4. The molecular weight excluding hydrogens is 222 g/mol. The van der Waals surface area contributed by atoms with E-state index in [1.807, 2.05) is 7.05 Å². The highest BCUT2D eigenvalue weighted by Gasteiger charge is 2.40. The molecule has 0 amide bonds. The Morgan fingerprint density at radius 1 is 1.24 bits per heavy atom. The van der Waals surface area contributed by atoms with Crippen molar-refractivity contribution in [2.45, 2.75) is 20.3 Å². The summed E-state index contributed by atoms with van der Waals surface area (Å²) in [5, 5.41) is 0. The van der Waals surface area contributed by atoms with Crippen LogP contribution < -0.4 is 0 Å². The van der Waals surface area contributed by atoms with E-state index in [2.05, 4.69) is 4.90 Å². The van der Waals surface area contributed by atoms with Gasteiger partial charge in [-0.25, -0.2) is 0 Å². The number of likely N-dealkylation sites (tertiary alicyclic amines) is 1. The molecule has 0 aromatic carbocycles. The van der Waals surface area contributed by atoms with Gasteiger partial charge in [0.05, 0.1) is 13.2 Å². The summed E-state index contributed by atoms with van der Waals surface area (Å²) in [5.41, 5.74) is 0. The number of esters is 2. The zero-order valence-corrected chi connectivity index (χ0v) is 10.8. The monoisotopic (exact) mass is 243 g/mol. The van der Waals surface area contributed by atoms with E-state index in [1.54, 1.807) is 13.8 Å². The van der Waals surface area contributed by atoms with Crippen molar-refractivity contribution in [3.63, 3.8) is 0 Å². The molecule has 0 aliphatic carbocycles. The number of carbonyl (C=O) groups is 2. The van der Waals surface area contributed by atoms with Crippen LogP contribution in [0, 0.1) is 11.8 Å². The number of rotatable bonds is 5. The summed E-state index contributed by atoms with van der Waals surface area (Å²) in [6.45, 7) is 5.69. The van der Waals surface area contributed by atoms with Crippen molar-refractivity contribution in [2.75, 3.05) is 33.4 Å². The van der Waals surface area contributed by atoms with Gasteiger partial charge in [0.1, 0.15) is 0 Å². The Morgan fingerprint density at radius 3 is 2.12 bits per heavy atom. The maximum Gasteiger partial charge on any atom is 0.320 e. The molecule has 1 saturated heterocycles. The highest BCUT2D eigenvalue weighted by Crippen LogP contribution is 2.25. The molecule has 1 atom stereocenters. The molecule has 5 heteroatoms. The predicted octanol–water partition coefficient (Wildman–Crippen LogP) is 0.681. The van der Waals surface area contributed by atoms with Gasteiger partial charge in [-0.15, -0.1) is 0 Å². The molecule has 0 radical (unpaired) electrons. The fourth-order valence-electron chi connectivity index (χ4n) is 2.19. The predicted molar refractivity (Wildman–Crippen MR) is 62.4 cm³/mol. The van der Waals surface area contributed by atoms with Crippen molar-refractivity contribution in [1.82, 2.24) is 4.90 Å². The summed E-state index contributed by atoms with van der Waals surface area (Å²) in [5.74, 6) is -1.66. The van der Waals surface area contributed by atoms with Gasteiger partial charge in [-0.05, 0) is 39.8 Å². The zero-order valence-electron chi connectivity index (χ0n) is 10.8. The number of hydrogen-bond acceptors (Lipinski definition) is 5. The molecule has 0 aromatic rings. The standard InChI is InChI=1S/C12H21NO4/c1-4-16-11(14)10(12(15)17-5-2)9-6-7-13(3)8-9/h9-10H,4-8H2,1-3H3. The minimum Gasteiger partial charge on any atom is -0.465 e. The normalized spacial score (nSPS) is 20.6.